The fourth-order valence-electron chi connectivity index (χ4n) is 2.24. The minimum atomic E-state index is -1.09. The minimum Gasteiger partial charge on any atom is -0.299 e. The van der Waals surface area contributed by atoms with Gasteiger partial charge in [-0.2, -0.15) is 4.21 Å². The van der Waals surface area contributed by atoms with E-state index >= 15 is 0 Å². The fraction of sp³-hybridized carbons (Fsp3) is 0.588. The van der Waals surface area contributed by atoms with Crippen molar-refractivity contribution < 1.29 is 8.10 Å². The predicted octanol–water partition coefficient (Wildman–Crippen LogP) is 3.98. The number of hydrogen-bond acceptors (Lipinski definition) is 2. The second kappa shape index (κ2) is 7.24. The van der Waals surface area contributed by atoms with Crippen LogP contribution in [-0.2, 0) is 11.0 Å². The van der Waals surface area contributed by atoms with Crippen LogP contribution in [0, 0.1) is 5.41 Å². The normalized spacial score (nSPS) is 22.5. The molecule has 0 aromatic heterocycles. The molecular weight excluding hydrogens is 316 g/mol. The number of alkyl halides is 1. The zero-order valence-electron chi connectivity index (χ0n) is 14.4. The second-order valence-corrected chi connectivity index (χ2v) is 10.3. The van der Waals surface area contributed by atoms with Gasteiger partial charge < -0.3 is 0 Å². The Kier molecular flexibility index (Phi) is 6.36. The Hall–Kier alpha value is -0.710. The summed E-state index contributed by atoms with van der Waals surface area (Å²) in [5, 5.41) is 8.36. The lowest BCUT2D eigenvalue weighted by atomic mass is 10.0. The Bertz CT molecular complexity index is 541. The average Bonchev–Trinajstić information content (AvgIpc) is 2.43. The topological polar surface area (TPSA) is 40.9 Å². The fourth-order valence-corrected chi connectivity index (χ4v) is 4.22. The summed E-state index contributed by atoms with van der Waals surface area (Å²) in [6, 6.07) is -0.148. The van der Waals surface area contributed by atoms with Crippen LogP contribution in [0.5, 0.6) is 0 Å². The number of hydrogen-bond donors (Lipinski definition) is 1. The van der Waals surface area contributed by atoms with Crippen LogP contribution in [0.15, 0.2) is 36.0 Å². The molecule has 0 aromatic rings. The highest BCUT2D eigenvalue weighted by molar-refractivity contribution is 7.80. The third kappa shape index (κ3) is 4.90. The van der Waals surface area contributed by atoms with E-state index in [9.17, 15) is 4.21 Å². The van der Waals surface area contributed by atoms with Crippen molar-refractivity contribution in [2.75, 3.05) is 14.1 Å². The van der Waals surface area contributed by atoms with Crippen molar-refractivity contribution >= 4 is 28.3 Å². The quantitative estimate of drug-likeness (QED) is 0.458. The summed E-state index contributed by atoms with van der Waals surface area (Å²) in [5.74, 6) is 0. The van der Waals surface area contributed by atoms with E-state index in [2.05, 4.69) is 6.08 Å². The van der Waals surface area contributed by atoms with Gasteiger partial charge in [-0.15, -0.1) is 11.6 Å². The minimum absolute atomic E-state index is 0.0698. The molecule has 3 nitrogen and oxygen atoms in total. The van der Waals surface area contributed by atoms with Crippen molar-refractivity contribution in [1.29, 1.82) is 5.41 Å². The van der Waals surface area contributed by atoms with Gasteiger partial charge in [0.2, 0.25) is 11.0 Å². The van der Waals surface area contributed by atoms with E-state index in [4.69, 9.17) is 17.0 Å². The summed E-state index contributed by atoms with van der Waals surface area (Å²) in [6.07, 6.45) is 10.6. The molecule has 3 atom stereocenters. The molecule has 22 heavy (non-hydrogen) atoms. The molecule has 0 aliphatic heterocycles. The van der Waals surface area contributed by atoms with Gasteiger partial charge in [-0.3, -0.25) is 5.41 Å². The summed E-state index contributed by atoms with van der Waals surface area (Å²) in [5.41, 5.74) is 1.54. The maximum absolute atomic E-state index is 12.7. The molecule has 1 N–H and O–H groups in total. The van der Waals surface area contributed by atoms with E-state index in [0.29, 0.717) is 5.71 Å². The molecular formula is C17H28ClN2OS+. The Morgan fingerprint density at radius 2 is 2.09 bits per heavy atom. The van der Waals surface area contributed by atoms with Gasteiger partial charge in [-0.25, -0.2) is 3.89 Å². The van der Waals surface area contributed by atoms with Crippen LogP contribution in [0.3, 0.4) is 0 Å². The third-order valence-electron chi connectivity index (χ3n) is 3.87. The predicted molar refractivity (Wildman–Crippen MR) is 97.8 cm³/mol. The van der Waals surface area contributed by atoms with Gasteiger partial charge in [0.25, 0.3) is 0 Å². The van der Waals surface area contributed by atoms with Crippen LogP contribution in [0.4, 0.5) is 0 Å². The van der Waals surface area contributed by atoms with Crippen LogP contribution in [0.2, 0.25) is 0 Å². The van der Waals surface area contributed by atoms with E-state index < -0.39 is 11.0 Å². The number of nitrogens with zero attached hydrogens (tertiary/aromatic N) is 1. The van der Waals surface area contributed by atoms with Crippen molar-refractivity contribution in [1.82, 2.24) is 0 Å². The Labute approximate surface area is 142 Å². The van der Waals surface area contributed by atoms with Gasteiger partial charge in [0.15, 0.2) is 0 Å². The molecule has 0 saturated carbocycles. The van der Waals surface area contributed by atoms with E-state index in [1.807, 2.05) is 60.0 Å². The molecule has 0 bridgehead atoms. The van der Waals surface area contributed by atoms with Gasteiger partial charge in [0.05, 0.1) is 29.9 Å². The zero-order chi connectivity index (χ0) is 17.1. The van der Waals surface area contributed by atoms with E-state index in [1.165, 1.54) is 0 Å². The molecule has 124 valence electrons. The smallest absolute Gasteiger partial charge is 0.212 e. The van der Waals surface area contributed by atoms with E-state index in [0.717, 1.165) is 12.0 Å². The molecule has 2 unspecified atom stereocenters. The van der Waals surface area contributed by atoms with Crippen molar-refractivity contribution in [3.63, 3.8) is 0 Å². The molecule has 0 heterocycles. The molecule has 0 amide bonds. The highest BCUT2D eigenvalue weighted by Crippen LogP contribution is 2.23. The molecule has 5 heteroatoms. The maximum atomic E-state index is 12.7. The van der Waals surface area contributed by atoms with E-state index in [1.54, 1.807) is 6.08 Å². The van der Waals surface area contributed by atoms with E-state index in [-0.39, 0.29) is 20.1 Å². The molecule has 0 aromatic carbocycles. The lowest BCUT2D eigenvalue weighted by Crippen LogP contribution is -2.56. The summed E-state index contributed by atoms with van der Waals surface area (Å²) in [7, 11) is 2.75. The molecule has 0 fully saturated rings. The lowest BCUT2D eigenvalue weighted by molar-refractivity contribution is -0.773. The third-order valence-corrected chi connectivity index (χ3v) is 6.41. The molecule has 0 radical (unpaired) electrons. The van der Waals surface area contributed by atoms with Crippen LogP contribution < -0.4 is 0 Å². The lowest BCUT2D eigenvalue weighted by Gasteiger charge is -2.37. The summed E-state index contributed by atoms with van der Waals surface area (Å²) >= 11 is 6.00. The highest BCUT2D eigenvalue weighted by Gasteiger charge is 2.40. The first-order valence-corrected chi connectivity index (χ1v) is 9.05. The number of nitrogens with one attached hydrogen (secondary N) is 1. The van der Waals surface area contributed by atoms with Crippen LogP contribution in [0.1, 0.15) is 34.1 Å². The van der Waals surface area contributed by atoms with Gasteiger partial charge in [-0.05, 0) is 45.8 Å². The summed E-state index contributed by atoms with van der Waals surface area (Å²) in [6.45, 7) is 7.86. The summed E-state index contributed by atoms with van der Waals surface area (Å²) in [4.78, 5) is 0. The van der Waals surface area contributed by atoms with Crippen LogP contribution in [-0.4, -0.2) is 44.1 Å². The maximum Gasteiger partial charge on any atom is 0.212 e. The summed E-state index contributed by atoms with van der Waals surface area (Å²) < 4.78 is 12.7. The van der Waals surface area contributed by atoms with Crippen molar-refractivity contribution in [3.05, 3.63) is 36.0 Å². The number of quaternary nitrogens is 1. The van der Waals surface area contributed by atoms with Gasteiger partial charge in [-0.1, -0.05) is 24.3 Å². The van der Waals surface area contributed by atoms with Crippen molar-refractivity contribution in [2.45, 2.75) is 50.3 Å². The Morgan fingerprint density at radius 1 is 1.50 bits per heavy atom. The first kappa shape index (κ1) is 19.3. The van der Waals surface area contributed by atoms with Gasteiger partial charge in [0.1, 0.15) is 6.04 Å². The van der Waals surface area contributed by atoms with Crippen molar-refractivity contribution in [2.24, 2.45) is 0 Å². The highest BCUT2D eigenvalue weighted by atomic mass is 35.5. The molecule has 1 aliphatic carbocycles. The zero-order valence-corrected chi connectivity index (χ0v) is 16.0. The second-order valence-electron chi connectivity index (χ2n) is 7.08. The standard InChI is InChI=1S/C17H28ClN2OS/c1-13(20(5,6)22(21)17(2,3)4)16(19)12-9-14-7-10-15(18)11-8-14/h7-10,12-13,15,19H,11H2,1-6H3/q+1/t13-,15?,22?/m0/s1. The number of rotatable bonds is 5. The number of halogens is 1. The molecule has 0 saturated heterocycles. The first-order valence-electron chi connectivity index (χ1n) is 7.51. The molecule has 0 spiro atoms. The van der Waals surface area contributed by atoms with Gasteiger partial charge >= 0.3 is 0 Å². The van der Waals surface area contributed by atoms with Crippen LogP contribution in [0.25, 0.3) is 0 Å². The van der Waals surface area contributed by atoms with Crippen LogP contribution >= 0.6 is 11.6 Å². The Morgan fingerprint density at radius 3 is 2.55 bits per heavy atom. The largest absolute Gasteiger partial charge is 0.299 e. The van der Waals surface area contributed by atoms with Gasteiger partial charge in [0, 0.05) is 0 Å². The molecule has 1 aliphatic rings. The van der Waals surface area contributed by atoms with Crippen molar-refractivity contribution in [3.8, 4) is 0 Å². The first-order chi connectivity index (χ1) is 9.96. The Balaban J connectivity index is 2.81. The average molecular weight is 344 g/mol. The SMILES string of the molecule is C[C@@H](C(=N)C=CC1=CCC(Cl)C=C1)[N+](C)(C)S(=O)C(C)(C)C. The molecule has 1 rings (SSSR count). The number of allylic oxidation sites excluding steroid dienone is 5. The monoisotopic (exact) mass is 343 g/mol.